The Morgan fingerprint density at radius 1 is 1.14 bits per heavy atom. The summed E-state index contributed by atoms with van der Waals surface area (Å²) in [5.74, 6) is -0.484. The van der Waals surface area contributed by atoms with Crippen LogP contribution in [-0.4, -0.2) is 52.7 Å². The van der Waals surface area contributed by atoms with Crippen molar-refractivity contribution >= 4 is 13.7 Å². The molecule has 3 aromatic rings. The summed E-state index contributed by atoms with van der Waals surface area (Å²) in [4.78, 5) is 38.7. The minimum atomic E-state index is -4.31. The number of alkyl halides is 1. The highest BCUT2D eigenvalue weighted by atomic mass is 31.2. The van der Waals surface area contributed by atoms with Crippen LogP contribution in [0.2, 0.25) is 0 Å². The Balaban J connectivity index is 1.60. The maximum absolute atomic E-state index is 16.5. The number of hydrogen-bond acceptors (Lipinski definition) is 9. The molecule has 2 heterocycles. The van der Waals surface area contributed by atoms with Gasteiger partial charge in [-0.25, -0.2) is 13.8 Å². The molecule has 12 nitrogen and oxygen atoms in total. The van der Waals surface area contributed by atoms with Crippen molar-refractivity contribution in [3.63, 3.8) is 0 Å². The van der Waals surface area contributed by atoms with E-state index in [1.54, 1.807) is 54.6 Å². The van der Waals surface area contributed by atoms with E-state index in [0.717, 1.165) is 22.4 Å². The fourth-order valence-corrected chi connectivity index (χ4v) is 5.98. The number of aromatic nitrogens is 2. The topological polar surface area (TPSA) is 147 Å². The largest absolute Gasteiger partial charge is 0.465 e. The van der Waals surface area contributed by atoms with Crippen LogP contribution in [0.25, 0.3) is 0 Å². The van der Waals surface area contributed by atoms with E-state index >= 15 is 4.39 Å². The predicted molar refractivity (Wildman–Crippen MR) is 154 cm³/mol. The minimum absolute atomic E-state index is 0.00511. The summed E-state index contributed by atoms with van der Waals surface area (Å²) in [6.45, 7) is 4.12. The van der Waals surface area contributed by atoms with Crippen molar-refractivity contribution in [1.82, 2.24) is 14.6 Å². The Morgan fingerprint density at radius 2 is 1.81 bits per heavy atom. The quantitative estimate of drug-likeness (QED) is 0.201. The lowest BCUT2D eigenvalue weighted by Crippen LogP contribution is -2.45. The number of halogens is 1. The third-order valence-corrected chi connectivity index (χ3v) is 8.23. The van der Waals surface area contributed by atoms with Crippen LogP contribution in [0.3, 0.4) is 0 Å². The molecule has 1 aliphatic rings. The van der Waals surface area contributed by atoms with Crippen molar-refractivity contribution in [1.29, 1.82) is 0 Å². The monoisotopic (exact) mass is 619 g/mol. The van der Waals surface area contributed by atoms with Gasteiger partial charge in [0.05, 0.1) is 19.8 Å². The number of nitrogens with zero attached hydrogens (tertiary/aromatic N) is 1. The summed E-state index contributed by atoms with van der Waals surface area (Å²) >= 11 is 0. The van der Waals surface area contributed by atoms with E-state index < -0.39 is 61.7 Å². The number of esters is 1. The molecule has 232 valence electrons. The van der Waals surface area contributed by atoms with E-state index in [0.29, 0.717) is 6.42 Å². The number of hydrogen-bond donors (Lipinski definition) is 2. The first-order valence-corrected chi connectivity index (χ1v) is 15.3. The van der Waals surface area contributed by atoms with Crippen molar-refractivity contribution in [2.45, 2.75) is 63.9 Å². The number of ether oxygens (including phenoxy) is 3. The lowest BCUT2D eigenvalue weighted by molar-refractivity contribution is -0.145. The van der Waals surface area contributed by atoms with Gasteiger partial charge >= 0.3 is 19.4 Å². The van der Waals surface area contributed by atoms with Crippen LogP contribution in [0.1, 0.15) is 39.0 Å². The molecule has 0 saturated carbocycles. The summed E-state index contributed by atoms with van der Waals surface area (Å²) in [5.41, 5.74) is -3.11. The molecule has 1 aromatic heterocycles. The second-order valence-corrected chi connectivity index (χ2v) is 11.8. The lowest BCUT2D eigenvalue weighted by atomic mass is 9.98. The molecule has 0 radical (unpaired) electrons. The van der Waals surface area contributed by atoms with Gasteiger partial charge in [0.25, 0.3) is 5.56 Å². The Hall–Kier alpha value is -3.61. The number of aromatic amines is 1. The van der Waals surface area contributed by atoms with Crippen molar-refractivity contribution in [2.75, 3.05) is 13.2 Å². The highest BCUT2D eigenvalue weighted by molar-refractivity contribution is 7.52. The second-order valence-electron chi connectivity index (χ2n) is 10.1. The number of para-hydroxylation sites is 1. The van der Waals surface area contributed by atoms with Gasteiger partial charge in [0, 0.05) is 12.3 Å². The van der Waals surface area contributed by atoms with E-state index in [9.17, 15) is 18.9 Å². The number of benzene rings is 2. The third kappa shape index (κ3) is 8.27. The van der Waals surface area contributed by atoms with Crippen molar-refractivity contribution in [3.8, 4) is 5.75 Å². The first-order valence-electron chi connectivity index (χ1n) is 13.8. The average molecular weight is 620 g/mol. The van der Waals surface area contributed by atoms with E-state index in [1.165, 1.54) is 13.8 Å². The molecule has 1 unspecified atom stereocenters. The van der Waals surface area contributed by atoms with Gasteiger partial charge in [-0.1, -0.05) is 55.5 Å². The molecule has 0 aliphatic carbocycles. The normalized spacial score (nSPS) is 23.8. The number of carbonyl (C=O) groups excluding carboxylic acids is 1. The Morgan fingerprint density at radius 3 is 2.47 bits per heavy atom. The molecule has 14 heteroatoms. The number of nitrogens with one attached hydrogen (secondary N) is 2. The van der Waals surface area contributed by atoms with Gasteiger partial charge in [0.15, 0.2) is 11.9 Å². The van der Waals surface area contributed by atoms with Crippen molar-refractivity contribution < 1.29 is 37.0 Å². The Kier molecular flexibility index (Phi) is 10.7. The average Bonchev–Trinajstić information content (AvgIpc) is 3.23. The maximum atomic E-state index is 16.5. The lowest BCUT2D eigenvalue weighted by Gasteiger charge is -2.28. The van der Waals surface area contributed by atoms with E-state index in [2.05, 4.69) is 10.1 Å². The summed E-state index contributed by atoms with van der Waals surface area (Å²) in [6.07, 6.45) is -2.35. The van der Waals surface area contributed by atoms with E-state index in [4.69, 9.17) is 23.3 Å². The standard InChI is InChI=1S/C29H35FN3O9P/c1-4-17-38-26(35)20(2)32-43(37,42-22-13-9-6-10-14-22)40-19-23-25(39-18-21-11-7-5-8-12-21)29(3,30)27(41-23)33-16-15-24(34)31-28(33)36/h5-16,20,23,25,27H,4,17-19H2,1-3H3,(H,32,37)(H,31,34,36)/t20-,23+,25+,27+,29+,43?/m0/s1. The summed E-state index contributed by atoms with van der Waals surface area (Å²) in [5, 5.41) is 2.58. The molecule has 0 amide bonds. The summed E-state index contributed by atoms with van der Waals surface area (Å²) in [6, 6.07) is 17.2. The van der Waals surface area contributed by atoms with Gasteiger partial charge in [-0.05, 0) is 38.0 Å². The second kappa shape index (κ2) is 14.2. The molecule has 0 spiro atoms. The first-order chi connectivity index (χ1) is 20.5. The van der Waals surface area contributed by atoms with Crippen LogP contribution < -0.4 is 20.9 Å². The molecular weight excluding hydrogens is 584 g/mol. The SMILES string of the molecule is CCCOC(=O)[C@H](C)NP(=O)(OC[C@H]1O[C@@H](n2ccc(=O)[nH]c2=O)[C@](C)(F)[C@@H]1OCc1ccccc1)Oc1ccccc1. The van der Waals surface area contributed by atoms with Crippen LogP contribution in [0.4, 0.5) is 4.39 Å². The van der Waals surface area contributed by atoms with Crippen LogP contribution in [0, 0.1) is 0 Å². The van der Waals surface area contributed by atoms with Crippen LogP contribution in [-0.2, 0) is 34.7 Å². The third-order valence-electron chi connectivity index (χ3n) is 6.59. The van der Waals surface area contributed by atoms with Gasteiger partial charge in [0.2, 0.25) is 0 Å². The molecule has 1 aliphatic heterocycles. The fraction of sp³-hybridized carbons (Fsp3) is 0.414. The molecule has 0 bridgehead atoms. The zero-order valence-electron chi connectivity index (χ0n) is 24.0. The van der Waals surface area contributed by atoms with Crippen LogP contribution in [0.15, 0.2) is 82.5 Å². The van der Waals surface area contributed by atoms with Gasteiger partial charge in [-0.2, -0.15) is 5.09 Å². The number of H-pyrrole nitrogens is 1. The highest BCUT2D eigenvalue weighted by Crippen LogP contribution is 2.48. The Bertz CT molecular complexity index is 1520. The van der Waals surface area contributed by atoms with E-state index in [-0.39, 0.29) is 19.0 Å². The Labute approximate surface area is 247 Å². The highest BCUT2D eigenvalue weighted by Gasteiger charge is 2.57. The molecule has 6 atom stereocenters. The molecule has 4 rings (SSSR count). The zero-order chi connectivity index (χ0) is 31.0. The summed E-state index contributed by atoms with van der Waals surface area (Å²) in [7, 11) is -4.31. The smallest absolute Gasteiger partial charge is 0.459 e. The van der Waals surface area contributed by atoms with Gasteiger partial charge < -0.3 is 18.7 Å². The predicted octanol–water partition coefficient (Wildman–Crippen LogP) is 3.88. The maximum Gasteiger partial charge on any atom is 0.459 e. The molecule has 1 saturated heterocycles. The molecule has 1 fully saturated rings. The zero-order valence-corrected chi connectivity index (χ0v) is 24.9. The molecule has 2 aromatic carbocycles. The molecular formula is C29H35FN3O9P. The number of carbonyl (C=O) groups is 1. The first kappa shape index (κ1) is 32.3. The van der Waals surface area contributed by atoms with Crippen LogP contribution >= 0.6 is 7.75 Å². The van der Waals surface area contributed by atoms with Crippen LogP contribution in [0.5, 0.6) is 5.75 Å². The van der Waals surface area contributed by atoms with Gasteiger partial charge in [-0.15, -0.1) is 0 Å². The minimum Gasteiger partial charge on any atom is -0.465 e. The van der Waals surface area contributed by atoms with Gasteiger partial charge in [-0.3, -0.25) is 23.7 Å². The molecule has 43 heavy (non-hydrogen) atoms. The van der Waals surface area contributed by atoms with Gasteiger partial charge in [0.1, 0.15) is 24.0 Å². The fourth-order valence-electron chi connectivity index (χ4n) is 4.48. The molecule has 2 N–H and O–H groups in total. The van der Waals surface area contributed by atoms with Crippen molar-refractivity contribution in [2.24, 2.45) is 0 Å². The number of rotatable bonds is 14. The summed E-state index contributed by atoms with van der Waals surface area (Å²) < 4.78 is 59.9. The van der Waals surface area contributed by atoms with E-state index in [1.807, 2.05) is 13.0 Å². The van der Waals surface area contributed by atoms with Crippen molar-refractivity contribution in [3.05, 3.63) is 99.3 Å².